The summed E-state index contributed by atoms with van der Waals surface area (Å²) in [6.07, 6.45) is 0.160. The molecular formula is C44H47N3O6. The van der Waals surface area contributed by atoms with E-state index in [1.54, 1.807) is 0 Å². The molecule has 3 N–H and O–H groups in total. The Kier molecular flexibility index (Phi) is 13.0. The van der Waals surface area contributed by atoms with E-state index in [1.807, 2.05) is 103 Å². The number of likely N-dealkylation sites (N-methyl/N-ethyl adjacent to an activating group) is 1. The van der Waals surface area contributed by atoms with Gasteiger partial charge in [0.15, 0.2) is 6.29 Å². The summed E-state index contributed by atoms with van der Waals surface area (Å²) in [5.41, 5.74) is 7.84. The number of amides is 2. The molecule has 4 unspecified atom stereocenters. The minimum absolute atomic E-state index is 0.00762. The largest absolute Gasteiger partial charge is 0.467 e. The summed E-state index contributed by atoms with van der Waals surface area (Å²) >= 11 is 0. The van der Waals surface area contributed by atoms with Crippen LogP contribution in [0.25, 0.3) is 11.1 Å². The number of methoxy groups -OCH3 is 1. The Morgan fingerprint density at radius 1 is 0.774 bits per heavy atom. The Bertz CT molecular complexity index is 1920. The van der Waals surface area contributed by atoms with Crippen molar-refractivity contribution in [1.82, 2.24) is 15.5 Å². The predicted octanol–water partition coefficient (Wildman–Crippen LogP) is 7.11. The Morgan fingerprint density at radius 2 is 1.43 bits per heavy atom. The monoisotopic (exact) mass is 713 g/mol. The number of nitrogens with zero attached hydrogens (tertiary/aromatic N) is 1. The minimum Gasteiger partial charge on any atom is -0.467 e. The topological polar surface area (TPSA) is 109 Å². The lowest BCUT2D eigenvalue weighted by Crippen LogP contribution is -2.47. The number of hydrogen-bond acceptors (Lipinski definition) is 7. The van der Waals surface area contributed by atoms with Crippen LogP contribution >= 0.6 is 0 Å². The zero-order valence-electron chi connectivity index (χ0n) is 30.2. The Balaban J connectivity index is 1.14. The lowest BCUT2D eigenvalue weighted by molar-refractivity contribution is -0.252. The number of carbonyl (C=O) groups is 2. The quantitative estimate of drug-likeness (QED) is 0.105. The van der Waals surface area contributed by atoms with Crippen molar-refractivity contribution in [1.29, 1.82) is 0 Å². The summed E-state index contributed by atoms with van der Waals surface area (Å²) in [5, 5.41) is 15.2. The van der Waals surface area contributed by atoms with E-state index in [2.05, 4.69) is 52.9 Å². The number of hydrogen-bond donors (Lipinski definition) is 3. The summed E-state index contributed by atoms with van der Waals surface area (Å²) in [7, 11) is 3.42. The molecule has 9 heteroatoms. The average Bonchev–Trinajstić information content (AvgIpc) is 3.20. The fourth-order valence-corrected chi connectivity index (χ4v) is 6.64. The number of aliphatic hydroxyl groups is 1. The number of aliphatic hydroxyl groups excluding tert-OH is 1. The molecule has 0 aliphatic carbocycles. The highest BCUT2D eigenvalue weighted by atomic mass is 16.7. The summed E-state index contributed by atoms with van der Waals surface area (Å²) in [5.74, 6) is -0.506. The van der Waals surface area contributed by atoms with Gasteiger partial charge in [-0.05, 0) is 58.1 Å². The number of ether oxygens (including phenoxy) is 3. The van der Waals surface area contributed by atoms with Crippen molar-refractivity contribution in [2.24, 2.45) is 0 Å². The third kappa shape index (κ3) is 10.6. The first-order chi connectivity index (χ1) is 25.9. The third-order valence-corrected chi connectivity index (χ3v) is 9.37. The molecule has 6 rings (SSSR count). The molecule has 0 bridgehead atoms. The second-order valence-electron chi connectivity index (χ2n) is 13.5. The molecule has 53 heavy (non-hydrogen) atoms. The van der Waals surface area contributed by atoms with Crippen LogP contribution in [0.4, 0.5) is 4.79 Å². The molecule has 2 amide bonds. The SMILES string of the molecule is COC(=O)C(Cc1ccccc1)NC(=O)NCc1cccc(-c2cccc(C3OC(CN(C)Cc4ccccc4)CC(c4ccc(CO)cc4)O3)c2)c1. The van der Waals surface area contributed by atoms with Crippen LogP contribution in [0.5, 0.6) is 0 Å². The van der Waals surface area contributed by atoms with Gasteiger partial charge in [0, 0.05) is 38.0 Å². The first-order valence-electron chi connectivity index (χ1n) is 18.0. The highest BCUT2D eigenvalue weighted by Gasteiger charge is 2.33. The second-order valence-corrected chi connectivity index (χ2v) is 13.5. The molecule has 0 aromatic heterocycles. The molecule has 1 fully saturated rings. The molecule has 0 spiro atoms. The molecule has 4 atom stereocenters. The van der Waals surface area contributed by atoms with Crippen molar-refractivity contribution >= 4 is 12.0 Å². The highest BCUT2D eigenvalue weighted by Crippen LogP contribution is 2.39. The number of nitrogens with one attached hydrogen (secondary N) is 2. The molecular weight excluding hydrogens is 666 g/mol. The van der Waals surface area contributed by atoms with E-state index in [9.17, 15) is 14.7 Å². The van der Waals surface area contributed by atoms with Crippen molar-refractivity contribution in [3.63, 3.8) is 0 Å². The van der Waals surface area contributed by atoms with Gasteiger partial charge in [-0.3, -0.25) is 4.90 Å². The maximum atomic E-state index is 12.9. The van der Waals surface area contributed by atoms with Crippen LogP contribution in [0.15, 0.2) is 133 Å². The lowest BCUT2D eigenvalue weighted by atomic mass is 9.98. The fourth-order valence-electron chi connectivity index (χ4n) is 6.64. The second kappa shape index (κ2) is 18.4. The maximum Gasteiger partial charge on any atom is 0.328 e. The van der Waals surface area contributed by atoms with Gasteiger partial charge in [0.1, 0.15) is 6.04 Å². The zero-order chi connectivity index (χ0) is 37.0. The van der Waals surface area contributed by atoms with Gasteiger partial charge in [-0.25, -0.2) is 9.59 Å². The normalized spacial score (nSPS) is 17.5. The van der Waals surface area contributed by atoms with Gasteiger partial charge in [-0.15, -0.1) is 0 Å². The standard InChI is InChI=1S/C44H47N3O6/c1-47(28-32-13-7-4-8-14-32)29-39-26-41(35-21-19-33(30-48)20-22-35)53-43(52-39)38-18-10-17-37(25-38)36-16-9-15-34(23-36)27-45-44(50)46-40(42(49)51-2)24-31-11-5-3-6-12-31/h3-23,25,39-41,43,48H,24,26-30H2,1-2H3,(H2,45,46,50). The number of benzene rings is 5. The average molecular weight is 714 g/mol. The number of rotatable bonds is 14. The summed E-state index contributed by atoms with van der Waals surface area (Å²) in [6, 6.07) is 42.7. The van der Waals surface area contributed by atoms with E-state index in [-0.39, 0.29) is 25.4 Å². The molecule has 0 saturated carbocycles. The van der Waals surface area contributed by atoms with E-state index in [1.165, 1.54) is 12.7 Å². The maximum absolute atomic E-state index is 12.9. The Morgan fingerprint density at radius 3 is 2.13 bits per heavy atom. The summed E-state index contributed by atoms with van der Waals surface area (Å²) in [4.78, 5) is 27.6. The lowest BCUT2D eigenvalue weighted by Gasteiger charge is -2.38. The van der Waals surface area contributed by atoms with Gasteiger partial charge in [-0.1, -0.05) is 121 Å². The molecule has 1 saturated heterocycles. The van der Waals surface area contributed by atoms with Gasteiger partial charge in [-0.2, -0.15) is 0 Å². The molecule has 0 radical (unpaired) electrons. The predicted molar refractivity (Wildman–Crippen MR) is 204 cm³/mol. The van der Waals surface area contributed by atoms with Crippen LogP contribution in [-0.2, 0) is 45.1 Å². The van der Waals surface area contributed by atoms with Crippen LogP contribution in [0, 0.1) is 0 Å². The van der Waals surface area contributed by atoms with Gasteiger partial charge >= 0.3 is 12.0 Å². The van der Waals surface area contributed by atoms with Crippen LogP contribution < -0.4 is 10.6 Å². The van der Waals surface area contributed by atoms with E-state index in [4.69, 9.17) is 14.2 Å². The van der Waals surface area contributed by atoms with E-state index in [0.717, 1.165) is 52.0 Å². The van der Waals surface area contributed by atoms with Crippen LogP contribution in [0.2, 0.25) is 0 Å². The first kappa shape index (κ1) is 37.4. The summed E-state index contributed by atoms with van der Waals surface area (Å²) in [6.45, 7) is 1.80. The highest BCUT2D eigenvalue weighted by molar-refractivity contribution is 5.83. The van der Waals surface area contributed by atoms with Gasteiger partial charge in [0.25, 0.3) is 0 Å². The molecule has 5 aromatic carbocycles. The van der Waals surface area contributed by atoms with Crippen molar-refractivity contribution in [3.05, 3.63) is 167 Å². The first-order valence-corrected chi connectivity index (χ1v) is 18.0. The zero-order valence-corrected chi connectivity index (χ0v) is 30.2. The number of esters is 1. The van der Waals surface area contributed by atoms with E-state index in [0.29, 0.717) is 12.8 Å². The van der Waals surface area contributed by atoms with Crippen molar-refractivity contribution in [2.45, 2.75) is 57.1 Å². The Hall–Kier alpha value is -5.32. The molecule has 1 aliphatic rings. The van der Waals surface area contributed by atoms with Gasteiger partial charge in [0.05, 0.1) is 25.9 Å². The molecule has 1 heterocycles. The molecule has 5 aromatic rings. The molecule has 274 valence electrons. The van der Waals surface area contributed by atoms with Gasteiger partial charge in [0.2, 0.25) is 0 Å². The van der Waals surface area contributed by atoms with Crippen molar-refractivity contribution in [3.8, 4) is 11.1 Å². The van der Waals surface area contributed by atoms with E-state index < -0.39 is 24.3 Å². The van der Waals surface area contributed by atoms with Crippen LogP contribution in [0.3, 0.4) is 0 Å². The van der Waals surface area contributed by atoms with Crippen LogP contribution in [0.1, 0.15) is 52.2 Å². The summed E-state index contributed by atoms with van der Waals surface area (Å²) < 4.78 is 18.2. The number of carbonyl (C=O) groups excluding carboxylic acids is 2. The van der Waals surface area contributed by atoms with E-state index >= 15 is 0 Å². The Labute approximate surface area is 311 Å². The minimum atomic E-state index is -0.816. The van der Waals surface area contributed by atoms with Gasteiger partial charge < -0.3 is 30.0 Å². The smallest absolute Gasteiger partial charge is 0.328 e. The van der Waals surface area contributed by atoms with Crippen LogP contribution in [-0.4, -0.2) is 54.9 Å². The molecule has 1 aliphatic heterocycles. The number of urea groups is 1. The van der Waals surface area contributed by atoms with Crippen molar-refractivity contribution < 1.29 is 28.9 Å². The van der Waals surface area contributed by atoms with Crippen molar-refractivity contribution in [2.75, 3.05) is 20.7 Å². The molecule has 9 nitrogen and oxygen atoms in total. The fraction of sp³-hybridized carbons (Fsp3) is 0.273. The third-order valence-electron chi connectivity index (χ3n) is 9.37.